The lowest BCUT2D eigenvalue weighted by atomic mass is 10.1. The van der Waals surface area contributed by atoms with Crippen LogP contribution in [0.5, 0.6) is 0 Å². The Kier molecular flexibility index (Phi) is 20.2. The van der Waals surface area contributed by atoms with Gasteiger partial charge in [-0.25, -0.2) is 30.1 Å². The van der Waals surface area contributed by atoms with Crippen LogP contribution in [0, 0.1) is 0 Å². The standard InChI is InChI=1S/C13H15NO4.C8H9NO.C5H6O3.Al.3ClH/c1-9(15)14-11-7-5-10(6-8-11)12(16)3-2-4-13(17)18;1-7(10)9-8-5-3-2-4-6-8;6-4-2-1-3-5(7)8-4;;;;/h5-8H,2-4H2,1H3,(H,14,15)(H,17,18);2-6H,1H3,(H,9,10);1-3H2;;3*1H/q;;;+3;;;/p-3. The summed E-state index contributed by atoms with van der Waals surface area (Å²) in [6, 6.07) is 15.9. The Hall–Kier alpha value is -2.94. The first-order chi connectivity index (χ1) is 18.8. The van der Waals surface area contributed by atoms with Gasteiger partial charge in [-0.15, -0.1) is 0 Å². The highest BCUT2D eigenvalue weighted by Gasteiger charge is 2.16. The molecule has 10 nitrogen and oxygen atoms in total. The van der Waals surface area contributed by atoms with E-state index >= 15 is 0 Å². The zero-order valence-corrected chi connectivity index (χ0v) is 25.4. The molecule has 2 aromatic carbocycles. The minimum Gasteiger partial charge on any atom is -0.481 e. The zero-order valence-electron chi connectivity index (χ0n) is 22.0. The van der Waals surface area contributed by atoms with Crippen molar-refractivity contribution < 1.29 is 38.6 Å². The second-order valence-electron chi connectivity index (χ2n) is 7.92. The Labute approximate surface area is 249 Å². The van der Waals surface area contributed by atoms with E-state index in [2.05, 4.69) is 15.4 Å². The Morgan fingerprint density at radius 2 is 1.25 bits per heavy atom. The number of nitrogens with one attached hydrogen (secondary N) is 2. The molecule has 3 rings (SSSR count). The summed E-state index contributed by atoms with van der Waals surface area (Å²) in [6.07, 6.45) is 1.98. The second kappa shape index (κ2) is 21.8. The molecule has 0 spiro atoms. The van der Waals surface area contributed by atoms with Crippen LogP contribution in [0.4, 0.5) is 11.4 Å². The molecule has 1 saturated heterocycles. The molecule has 3 N–H and O–H groups in total. The number of ketones is 1. The van der Waals surface area contributed by atoms with Crippen LogP contribution in [0.15, 0.2) is 54.6 Å². The number of para-hydroxylation sites is 1. The maximum atomic E-state index is 11.7. The molecule has 40 heavy (non-hydrogen) atoms. The minimum atomic E-state index is -1.72. The average Bonchev–Trinajstić information content (AvgIpc) is 2.84. The summed E-state index contributed by atoms with van der Waals surface area (Å²) in [5.74, 6) is -1.97. The van der Waals surface area contributed by atoms with Gasteiger partial charge in [-0.3, -0.25) is 28.8 Å². The molecule has 1 aliphatic rings. The van der Waals surface area contributed by atoms with Gasteiger partial charge in [-0.1, -0.05) is 18.2 Å². The van der Waals surface area contributed by atoms with Crippen molar-refractivity contribution in [3.8, 4) is 0 Å². The minimum absolute atomic E-state index is 0.00425. The first kappa shape index (κ1) is 37.1. The van der Waals surface area contributed by atoms with Gasteiger partial charge < -0.3 is 20.5 Å². The lowest BCUT2D eigenvalue weighted by Gasteiger charge is -2.06. The van der Waals surface area contributed by atoms with Crippen LogP contribution < -0.4 is 10.6 Å². The molecule has 2 aromatic rings. The fraction of sp³-hybridized carbons (Fsp3) is 0.308. The van der Waals surface area contributed by atoms with Crippen molar-refractivity contribution in [3.05, 3.63) is 60.2 Å². The number of anilines is 2. The number of esters is 2. The van der Waals surface area contributed by atoms with Crippen molar-refractivity contribution in [2.75, 3.05) is 10.6 Å². The van der Waals surface area contributed by atoms with Crippen LogP contribution in [-0.2, 0) is 28.7 Å². The van der Waals surface area contributed by atoms with E-state index < -0.39 is 17.4 Å². The summed E-state index contributed by atoms with van der Waals surface area (Å²) >= 11 is -1.72. The zero-order chi connectivity index (χ0) is 30.5. The average molecular weight is 632 g/mol. The van der Waals surface area contributed by atoms with Crippen LogP contribution in [-0.4, -0.2) is 52.0 Å². The van der Waals surface area contributed by atoms with E-state index in [0.717, 1.165) is 5.69 Å². The predicted octanol–water partition coefficient (Wildman–Crippen LogP) is 5.66. The van der Waals surface area contributed by atoms with Gasteiger partial charge in [-0.2, -0.15) is 0 Å². The molecule has 14 heteroatoms. The van der Waals surface area contributed by atoms with Gasteiger partial charge in [0, 0.05) is 56.5 Å². The Balaban J connectivity index is 0.000000579. The lowest BCUT2D eigenvalue weighted by molar-refractivity contribution is -0.163. The van der Waals surface area contributed by atoms with E-state index in [9.17, 15) is 28.8 Å². The number of Topliss-reactive ketones (excluding diaryl/α,β-unsaturated/α-hetero) is 1. The van der Waals surface area contributed by atoms with Crippen LogP contribution >= 0.6 is 30.1 Å². The monoisotopic (exact) mass is 630 g/mol. The number of ether oxygens (including phenoxy) is 1. The number of carbonyl (C=O) groups is 6. The molecule has 0 radical (unpaired) electrons. The molecule has 0 atom stereocenters. The third-order valence-corrected chi connectivity index (χ3v) is 4.41. The lowest BCUT2D eigenvalue weighted by Crippen LogP contribution is -2.17. The Morgan fingerprint density at radius 3 is 1.62 bits per heavy atom. The normalized spacial score (nSPS) is 11.4. The maximum absolute atomic E-state index is 11.7. The van der Waals surface area contributed by atoms with E-state index in [-0.39, 0.29) is 42.4 Å². The van der Waals surface area contributed by atoms with E-state index in [1.165, 1.54) is 13.8 Å². The summed E-state index contributed by atoms with van der Waals surface area (Å²) in [5, 5.41) is 13.7. The smallest absolute Gasteiger partial charge is 0.481 e. The van der Waals surface area contributed by atoms with Crippen molar-refractivity contribution in [2.24, 2.45) is 0 Å². The molecule has 0 saturated carbocycles. The number of hydrogen-bond acceptors (Lipinski definition) is 7. The number of benzene rings is 2. The van der Waals surface area contributed by atoms with Crippen molar-refractivity contribution in [3.63, 3.8) is 0 Å². The van der Waals surface area contributed by atoms with Gasteiger partial charge in [0.2, 0.25) is 11.8 Å². The number of halogens is 3. The number of carboxylic acids is 1. The van der Waals surface area contributed by atoms with Gasteiger partial charge in [0.25, 0.3) is 0 Å². The van der Waals surface area contributed by atoms with Crippen LogP contribution in [0.25, 0.3) is 0 Å². The molecule has 0 bridgehead atoms. The summed E-state index contributed by atoms with van der Waals surface area (Å²) in [6.45, 7) is 2.90. The SMILES string of the molecule is CC(=O)Nc1ccc(C(=O)CCCC(=O)O)cc1.CC(=O)Nc1ccccc1.O=C1CCCC(=O)O1.[Cl][Al]([Cl])[Cl]. The topological polar surface area (TPSA) is 156 Å². The first-order valence-corrected chi connectivity index (χ1v) is 17.1. The highest BCUT2D eigenvalue weighted by molar-refractivity contribution is 7.54. The van der Waals surface area contributed by atoms with E-state index in [4.69, 9.17) is 35.3 Å². The molecular formula is C26H30AlCl3N2O8. The van der Waals surface area contributed by atoms with Gasteiger partial charge >= 0.3 is 29.3 Å². The number of rotatable bonds is 7. The van der Waals surface area contributed by atoms with Crippen molar-refractivity contribution in [1.29, 1.82) is 0 Å². The molecule has 2 amide bonds. The third kappa shape index (κ3) is 21.9. The van der Waals surface area contributed by atoms with Crippen LogP contribution in [0.3, 0.4) is 0 Å². The Morgan fingerprint density at radius 1 is 0.800 bits per heavy atom. The highest BCUT2D eigenvalue weighted by Crippen LogP contribution is 2.12. The van der Waals surface area contributed by atoms with Gasteiger partial charge in [-0.05, 0) is 49.2 Å². The molecule has 0 aliphatic carbocycles. The maximum Gasteiger partial charge on any atom is 0.643 e. The number of cyclic esters (lactones) is 2. The van der Waals surface area contributed by atoms with E-state index in [1.54, 1.807) is 24.3 Å². The second-order valence-corrected chi connectivity index (χ2v) is 14.4. The van der Waals surface area contributed by atoms with Crippen molar-refractivity contribution in [1.82, 2.24) is 0 Å². The number of carboxylic acid groups (broad SMARTS) is 1. The van der Waals surface area contributed by atoms with Gasteiger partial charge in [0.05, 0.1) is 0 Å². The molecule has 1 fully saturated rings. The highest BCUT2D eigenvalue weighted by atomic mass is 35.8. The third-order valence-electron chi connectivity index (χ3n) is 4.41. The molecule has 1 aliphatic heterocycles. The number of carbonyl (C=O) groups excluding carboxylic acids is 5. The molecule has 1 heterocycles. The first-order valence-electron chi connectivity index (χ1n) is 11.9. The molecule has 0 unspecified atom stereocenters. The quantitative estimate of drug-likeness (QED) is 0.153. The Bertz CT molecular complexity index is 1100. The van der Waals surface area contributed by atoms with Crippen molar-refractivity contribution >= 4 is 88.4 Å². The summed E-state index contributed by atoms with van der Waals surface area (Å²) < 4.78 is 4.21. The summed E-state index contributed by atoms with van der Waals surface area (Å²) in [5.41, 5.74) is 1.99. The number of amides is 2. The van der Waals surface area contributed by atoms with Crippen LogP contribution in [0.2, 0.25) is 0 Å². The van der Waals surface area contributed by atoms with Crippen molar-refractivity contribution in [2.45, 2.75) is 52.4 Å². The predicted molar refractivity (Wildman–Crippen MR) is 156 cm³/mol. The fourth-order valence-electron chi connectivity index (χ4n) is 2.82. The van der Waals surface area contributed by atoms with Crippen LogP contribution in [0.1, 0.15) is 62.7 Å². The van der Waals surface area contributed by atoms with Gasteiger partial charge in [0.15, 0.2) is 5.78 Å². The largest absolute Gasteiger partial charge is 0.643 e. The summed E-state index contributed by atoms with van der Waals surface area (Å²) in [7, 11) is 14.8. The molecule has 0 aromatic heterocycles. The van der Waals surface area contributed by atoms with Gasteiger partial charge in [0.1, 0.15) is 0 Å². The summed E-state index contributed by atoms with van der Waals surface area (Å²) in [4.78, 5) is 63.8. The molecular weight excluding hydrogens is 602 g/mol. The van der Waals surface area contributed by atoms with E-state index in [1.807, 2.05) is 30.3 Å². The number of aliphatic carboxylic acids is 1. The number of hydrogen-bond donors (Lipinski definition) is 3. The molecule has 216 valence electrons. The fourth-order valence-corrected chi connectivity index (χ4v) is 2.82. The van der Waals surface area contributed by atoms with E-state index in [0.29, 0.717) is 36.9 Å².